The average molecular weight is 467 g/mol. The van der Waals surface area contributed by atoms with Gasteiger partial charge in [0.25, 0.3) is 0 Å². The van der Waals surface area contributed by atoms with Gasteiger partial charge in [0, 0.05) is 0 Å². The topological polar surface area (TPSA) is 44.8 Å². The average Bonchev–Trinajstić information content (AvgIpc) is 2.73. The second-order valence-electron chi connectivity index (χ2n) is 7.76. The number of benzene rings is 1. The molecular weight excluding hydrogens is 422 g/mol. The van der Waals surface area contributed by atoms with Gasteiger partial charge in [0.05, 0.1) is 13.2 Å². The molecule has 4 nitrogen and oxygen atoms in total. The number of rotatable bonds is 20. The molecule has 30 heavy (non-hydrogen) atoms. The molecule has 0 spiro atoms. The van der Waals surface area contributed by atoms with Crippen molar-refractivity contribution in [2.24, 2.45) is 0 Å². The molecule has 0 bridgehead atoms. The van der Waals surface area contributed by atoms with E-state index in [1.54, 1.807) is 12.1 Å². The SMILES string of the molecule is CCCCCCCCCOP(=O)(OCCCCCCCCC)Oc1ccccc1.[KH]. The van der Waals surface area contributed by atoms with Gasteiger partial charge in [0.1, 0.15) is 5.75 Å². The second-order valence-corrected chi connectivity index (χ2v) is 9.35. The molecule has 0 aliphatic carbocycles. The summed E-state index contributed by atoms with van der Waals surface area (Å²) in [5.74, 6) is 0.523. The second kappa shape index (κ2) is 21.6. The van der Waals surface area contributed by atoms with Crippen molar-refractivity contribution in [3.05, 3.63) is 30.3 Å². The van der Waals surface area contributed by atoms with Crippen LogP contribution in [-0.2, 0) is 13.6 Å². The molecular formula is C24H44KO4P. The Morgan fingerprint density at radius 1 is 0.633 bits per heavy atom. The van der Waals surface area contributed by atoms with Crippen LogP contribution in [0.1, 0.15) is 104 Å². The van der Waals surface area contributed by atoms with Crippen LogP contribution in [0.2, 0.25) is 0 Å². The van der Waals surface area contributed by atoms with Gasteiger partial charge in [0.2, 0.25) is 0 Å². The van der Waals surface area contributed by atoms with Crippen molar-refractivity contribution >= 4 is 59.2 Å². The van der Waals surface area contributed by atoms with Gasteiger partial charge in [-0.05, 0) is 25.0 Å². The van der Waals surface area contributed by atoms with Crippen molar-refractivity contribution in [1.29, 1.82) is 0 Å². The van der Waals surface area contributed by atoms with E-state index in [0.717, 1.165) is 25.7 Å². The molecule has 0 fully saturated rings. The molecule has 1 rings (SSSR count). The van der Waals surface area contributed by atoms with Crippen molar-refractivity contribution in [2.75, 3.05) is 13.2 Å². The Balaban J connectivity index is 0.00000841. The van der Waals surface area contributed by atoms with Crippen molar-refractivity contribution < 1.29 is 18.1 Å². The van der Waals surface area contributed by atoms with E-state index in [-0.39, 0.29) is 51.4 Å². The fraction of sp³-hybridized carbons (Fsp3) is 0.750. The van der Waals surface area contributed by atoms with Crippen molar-refractivity contribution in [1.82, 2.24) is 0 Å². The van der Waals surface area contributed by atoms with E-state index in [4.69, 9.17) is 13.6 Å². The molecule has 0 aliphatic heterocycles. The summed E-state index contributed by atoms with van der Waals surface area (Å²) >= 11 is 0. The van der Waals surface area contributed by atoms with Crippen LogP contribution in [0.4, 0.5) is 0 Å². The summed E-state index contributed by atoms with van der Waals surface area (Å²) in [6, 6.07) is 9.16. The van der Waals surface area contributed by atoms with Gasteiger partial charge in [-0.1, -0.05) is 109 Å². The number of hydrogen-bond acceptors (Lipinski definition) is 4. The van der Waals surface area contributed by atoms with Crippen LogP contribution >= 0.6 is 7.82 Å². The third-order valence-electron chi connectivity index (χ3n) is 4.96. The Morgan fingerprint density at radius 3 is 1.47 bits per heavy atom. The molecule has 1 aromatic rings. The van der Waals surface area contributed by atoms with E-state index in [2.05, 4.69) is 13.8 Å². The van der Waals surface area contributed by atoms with Crippen LogP contribution in [0.25, 0.3) is 0 Å². The molecule has 0 atom stereocenters. The van der Waals surface area contributed by atoms with Crippen LogP contribution in [0.3, 0.4) is 0 Å². The monoisotopic (exact) mass is 466 g/mol. The normalized spacial score (nSPS) is 11.3. The Kier molecular flexibility index (Phi) is 22.2. The molecule has 1 aromatic carbocycles. The zero-order chi connectivity index (χ0) is 21.0. The maximum absolute atomic E-state index is 13.1. The third-order valence-corrected chi connectivity index (χ3v) is 6.39. The molecule has 0 aromatic heterocycles. The van der Waals surface area contributed by atoms with Crippen LogP contribution in [0, 0.1) is 0 Å². The predicted octanol–water partition coefficient (Wildman–Crippen LogP) is 8.06. The molecule has 0 saturated carbocycles. The van der Waals surface area contributed by atoms with E-state index < -0.39 is 7.82 Å². The van der Waals surface area contributed by atoms with E-state index in [1.807, 2.05) is 18.2 Å². The van der Waals surface area contributed by atoms with Crippen LogP contribution in [0.15, 0.2) is 30.3 Å². The Hall–Kier alpha value is 0.806. The first-order valence-corrected chi connectivity index (χ1v) is 13.3. The molecule has 0 saturated heterocycles. The van der Waals surface area contributed by atoms with E-state index in [9.17, 15) is 4.57 Å². The molecule has 0 aliphatic rings. The van der Waals surface area contributed by atoms with E-state index in [0.29, 0.717) is 19.0 Å². The summed E-state index contributed by atoms with van der Waals surface area (Å²) in [6.45, 7) is 5.28. The summed E-state index contributed by atoms with van der Waals surface area (Å²) in [5.41, 5.74) is 0. The van der Waals surface area contributed by atoms with Crippen molar-refractivity contribution in [2.45, 2.75) is 104 Å². The van der Waals surface area contributed by atoms with E-state index >= 15 is 0 Å². The first kappa shape index (κ1) is 30.8. The minimum atomic E-state index is -3.57. The Labute approximate surface area is 228 Å². The summed E-state index contributed by atoms with van der Waals surface area (Å²) in [6.07, 6.45) is 16.6. The van der Waals surface area contributed by atoms with Gasteiger partial charge in [-0.15, -0.1) is 0 Å². The van der Waals surface area contributed by atoms with Crippen molar-refractivity contribution in [3.8, 4) is 5.75 Å². The van der Waals surface area contributed by atoms with Gasteiger partial charge in [0.15, 0.2) is 0 Å². The van der Waals surface area contributed by atoms with Crippen molar-refractivity contribution in [3.63, 3.8) is 0 Å². The number of phosphoric ester groups is 1. The quantitative estimate of drug-likeness (QED) is 0.111. The first-order chi connectivity index (χ1) is 14.2. The molecule has 0 unspecified atom stereocenters. The summed E-state index contributed by atoms with van der Waals surface area (Å²) in [5, 5.41) is 0. The van der Waals surface area contributed by atoms with E-state index in [1.165, 1.54) is 64.2 Å². The Morgan fingerprint density at radius 2 is 1.03 bits per heavy atom. The molecule has 0 amide bonds. The standard InChI is InChI=1S/C24H43O4P.K.H/c1-3-5-7-9-11-13-18-22-26-29(25,28-24-20-16-15-17-21-24)27-23-19-14-12-10-8-6-4-2;;/h15-17,20-21H,3-14,18-19,22-23H2,1-2H3;;. The number of para-hydroxylation sites is 1. The fourth-order valence-electron chi connectivity index (χ4n) is 3.17. The van der Waals surface area contributed by atoms with Crippen LogP contribution < -0.4 is 4.52 Å². The zero-order valence-electron chi connectivity index (χ0n) is 18.8. The molecule has 0 N–H and O–H groups in total. The summed E-state index contributed by atoms with van der Waals surface area (Å²) in [7, 11) is -3.57. The van der Waals surface area contributed by atoms with Gasteiger partial charge < -0.3 is 4.52 Å². The number of unbranched alkanes of at least 4 members (excludes halogenated alkanes) is 12. The van der Waals surface area contributed by atoms with Gasteiger partial charge >= 0.3 is 59.2 Å². The zero-order valence-corrected chi connectivity index (χ0v) is 19.7. The Bertz CT molecular complexity index is 503. The molecule has 170 valence electrons. The minimum absolute atomic E-state index is 0. The first-order valence-electron chi connectivity index (χ1n) is 11.8. The number of hydrogen-bond donors (Lipinski definition) is 0. The predicted molar refractivity (Wildman–Crippen MR) is 130 cm³/mol. The maximum atomic E-state index is 13.1. The fourth-order valence-corrected chi connectivity index (χ4v) is 4.44. The third kappa shape index (κ3) is 17.4. The van der Waals surface area contributed by atoms with Gasteiger partial charge in [-0.25, -0.2) is 4.57 Å². The summed E-state index contributed by atoms with van der Waals surface area (Å²) in [4.78, 5) is 0. The summed E-state index contributed by atoms with van der Waals surface area (Å²) < 4.78 is 30.0. The molecule has 0 heterocycles. The molecule has 0 radical (unpaired) electrons. The number of phosphoric acid groups is 1. The molecule has 6 heteroatoms. The van der Waals surface area contributed by atoms with Gasteiger partial charge in [-0.2, -0.15) is 0 Å². The van der Waals surface area contributed by atoms with Gasteiger partial charge in [-0.3, -0.25) is 9.05 Å². The van der Waals surface area contributed by atoms with Crippen LogP contribution in [-0.4, -0.2) is 64.6 Å². The van der Waals surface area contributed by atoms with Crippen LogP contribution in [0.5, 0.6) is 5.75 Å².